The van der Waals surface area contributed by atoms with Crippen LogP contribution in [0.4, 0.5) is 4.79 Å². The maximum atomic E-state index is 11.7. The van der Waals surface area contributed by atoms with Crippen LogP contribution in [0.15, 0.2) is 0 Å². The molecule has 6 heteroatoms. The number of amides is 2. The normalized spacial score (nSPS) is 15.2. The number of hydrogen-bond acceptors (Lipinski definition) is 3. The average Bonchev–Trinajstić information content (AvgIpc) is 2.27. The second-order valence-corrected chi connectivity index (χ2v) is 4.33. The molecule has 0 aliphatic carbocycles. The van der Waals surface area contributed by atoms with Gasteiger partial charge in [0.15, 0.2) is 0 Å². The van der Waals surface area contributed by atoms with Gasteiger partial charge in [-0.3, -0.25) is 0 Å². The summed E-state index contributed by atoms with van der Waals surface area (Å²) in [5, 5.41) is 20.1. The number of nitrogens with zero attached hydrogens (tertiary/aromatic N) is 2. The highest BCUT2D eigenvalue weighted by molar-refractivity contribution is 5.85. The zero-order chi connectivity index (χ0) is 13.6. The smallest absolute Gasteiger partial charge is 0.329 e. The molecular formula is C11H19N3O3. The third-order valence-electron chi connectivity index (χ3n) is 2.68. The Morgan fingerprint density at radius 1 is 1.59 bits per heavy atom. The monoisotopic (exact) mass is 241 g/mol. The summed E-state index contributed by atoms with van der Waals surface area (Å²) >= 11 is 0. The average molecular weight is 241 g/mol. The van der Waals surface area contributed by atoms with E-state index >= 15 is 0 Å². The predicted octanol–water partition coefficient (Wildman–Crippen LogP) is 1.04. The number of hydrogen-bond donors (Lipinski definition) is 2. The molecule has 0 heterocycles. The van der Waals surface area contributed by atoms with E-state index in [0.717, 1.165) is 0 Å². The van der Waals surface area contributed by atoms with Gasteiger partial charge < -0.3 is 15.3 Å². The number of nitrogens with one attached hydrogen (secondary N) is 1. The molecule has 0 aromatic carbocycles. The Morgan fingerprint density at radius 3 is 2.47 bits per heavy atom. The highest BCUT2D eigenvalue weighted by Crippen LogP contribution is 2.10. The van der Waals surface area contributed by atoms with Gasteiger partial charge in [-0.15, -0.1) is 0 Å². The lowest BCUT2D eigenvalue weighted by atomic mass is 10.00. The second kappa shape index (κ2) is 6.09. The van der Waals surface area contributed by atoms with Gasteiger partial charge in [0.05, 0.1) is 12.0 Å². The minimum Gasteiger partial charge on any atom is -0.480 e. The molecule has 2 N–H and O–H groups in total. The van der Waals surface area contributed by atoms with Gasteiger partial charge in [-0.25, -0.2) is 9.59 Å². The van der Waals surface area contributed by atoms with Gasteiger partial charge in [0.2, 0.25) is 0 Å². The second-order valence-electron chi connectivity index (χ2n) is 4.33. The minimum absolute atomic E-state index is 0.266. The Hall–Kier alpha value is -1.77. The Balaban J connectivity index is 4.54. The van der Waals surface area contributed by atoms with Crippen LogP contribution in [0.3, 0.4) is 0 Å². The number of carbonyl (C=O) groups is 2. The molecule has 0 fully saturated rings. The summed E-state index contributed by atoms with van der Waals surface area (Å²) in [6.45, 7) is 5.10. The first-order valence-electron chi connectivity index (χ1n) is 5.43. The van der Waals surface area contributed by atoms with Crippen LogP contribution < -0.4 is 5.32 Å². The van der Waals surface area contributed by atoms with Gasteiger partial charge in [0.25, 0.3) is 0 Å². The molecule has 0 saturated carbocycles. The van der Waals surface area contributed by atoms with E-state index < -0.39 is 17.5 Å². The van der Waals surface area contributed by atoms with Gasteiger partial charge >= 0.3 is 12.0 Å². The fourth-order valence-corrected chi connectivity index (χ4v) is 1.16. The fourth-order valence-electron chi connectivity index (χ4n) is 1.16. The molecule has 0 aliphatic rings. The van der Waals surface area contributed by atoms with E-state index in [0.29, 0.717) is 0 Å². The Labute approximate surface area is 101 Å². The Kier molecular flexibility index (Phi) is 5.45. The molecule has 2 atom stereocenters. The van der Waals surface area contributed by atoms with Crippen molar-refractivity contribution >= 4 is 12.0 Å². The minimum atomic E-state index is -1.28. The first-order chi connectivity index (χ1) is 7.76. The van der Waals surface area contributed by atoms with Gasteiger partial charge in [-0.1, -0.05) is 6.92 Å². The van der Waals surface area contributed by atoms with E-state index in [1.807, 2.05) is 6.07 Å². The number of nitriles is 1. The summed E-state index contributed by atoms with van der Waals surface area (Å²) in [5.74, 6) is -1.36. The van der Waals surface area contributed by atoms with Crippen molar-refractivity contribution in [1.29, 1.82) is 5.26 Å². The third kappa shape index (κ3) is 4.31. The zero-order valence-electron chi connectivity index (χ0n) is 10.6. The first kappa shape index (κ1) is 15.2. The molecule has 0 rings (SSSR count). The van der Waals surface area contributed by atoms with Crippen LogP contribution in [0, 0.1) is 17.2 Å². The summed E-state index contributed by atoms with van der Waals surface area (Å²) in [6.07, 6.45) is 0.287. The lowest BCUT2D eigenvalue weighted by Gasteiger charge is -2.28. The molecule has 6 nitrogen and oxygen atoms in total. The zero-order valence-corrected chi connectivity index (χ0v) is 10.6. The van der Waals surface area contributed by atoms with Crippen molar-refractivity contribution in [2.45, 2.75) is 32.7 Å². The van der Waals surface area contributed by atoms with Gasteiger partial charge in [0.1, 0.15) is 5.54 Å². The predicted molar refractivity (Wildman–Crippen MR) is 62.3 cm³/mol. The van der Waals surface area contributed by atoms with Crippen LogP contribution in [0.2, 0.25) is 0 Å². The van der Waals surface area contributed by atoms with Crippen molar-refractivity contribution in [2.24, 2.45) is 5.92 Å². The largest absolute Gasteiger partial charge is 0.480 e. The van der Waals surface area contributed by atoms with Crippen LogP contribution in [-0.4, -0.2) is 41.1 Å². The summed E-state index contributed by atoms with van der Waals surface area (Å²) < 4.78 is 0. The summed E-state index contributed by atoms with van der Waals surface area (Å²) in [5.41, 5.74) is -1.28. The number of aliphatic carboxylic acids is 1. The van der Waals surface area contributed by atoms with Crippen molar-refractivity contribution in [3.05, 3.63) is 0 Å². The summed E-state index contributed by atoms with van der Waals surface area (Å²) in [7, 11) is 1.53. The van der Waals surface area contributed by atoms with Gasteiger partial charge in [-0.2, -0.15) is 5.26 Å². The number of carboxylic acids is 1. The van der Waals surface area contributed by atoms with Crippen molar-refractivity contribution in [3.63, 3.8) is 0 Å². The quantitative estimate of drug-likeness (QED) is 0.752. The highest BCUT2D eigenvalue weighted by Gasteiger charge is 2.33. The van der Waals surface area contributed by atoms with E-state index in [9.17, 15) is 9.59 Å². The van der Waals surface area contributed by atoms with Crippen molar-refractivity contribution in [3.8, 4) is 6.07 Å². The van der Waals surface area contributed by atoms with Crippen LogP contribution in [-0.2, 0) is 4.79 Å². The number of rotatable bonds is 5. The molecule has 0 saturated heterocycles. The SMILES string of the molecule is CCC(C)(NC(=O)N(C)CC(C)C#N)C(=O)O. The van der Waals surface area contributed by atoms with E-state index in [1.165, 1.54) is 18.9 Å². The maximum absolute atomic E-state index is 11.7. The maximum Gasteiger partial charge on any atom is 0.329 e. The lowest BCUT2D eigenvalue weighted by Crippen LogP contribution is -2.55. The van der Waals surface area contributed by atoms with Gasteiger partial charge in [-0.05, 0) is 20.3 Å². The van der Waals surface area contributed by atoms with E-state index in [2.05, 4.69) is 5.32 Å². The van der Waals surface area contributed by atoms with E-state index in [-0.39, 0.29) is 18.9 Å². The molecule has 0 bridgehead atoms. The number of carboxylic acid groups (broad SMARTS) is 1. The van der Waals surface area contributed by atoms with Crippen LogP contribution in [0.1, 0.15) is 27.2 Å². The molecule has 2 amide bonds. The molecule has 17 heavy (non-hydrogen) atoms. The van der Waals surface area contributed by atoms with Crippen molar-refractivity contribution in [1.82, 2.24) is 10.2 Å². The lowest BCUT2D eigenvalue weighted by molar-refractivity contribution is -0.143. The van der Waals surface area contributed by atoms with Crippen LogP contribution in [0.25, 0.3) is 0 Å². The van der Waals surface area contributed by atoms with E-state index in [1.54, 1.807) is 13.8 Å². The summed E-state index contributed by atoms with van der Waals surface area (Å²) in [4.78, 5) is 24.0. The highest BCUT2D eigenvalue weighted by atomic mass is 16.4. The molecule has 0 radical (unpaired) electrons. The number of carbonyl (C=O) groups excluding carboxylic acids is 1. The molecule has 2 unspecified atom stereocenters. The Morgan fingerprint density at radius 2 is 2.12 bits per heavy atom. The van der Waals surface area contributed by atoms with Crippen molar-refractivity contribution < 1.29 is 14.7 Å². The molecule has 96 valence electrons. The van der Waals surface area contributed by atoms with Crippen LogP contribution >= 0.6 is 0 Å². The standard InChI is InChI=1S/C11H19N3O3/c1-5-11(3,9(15)16)13-10(17)14(4)7-8(2)6-12/h8H,5,7H2,1-4H3,(H,13,17)(H,15,16). The number of urea groups is 1. The Bertz CT molecular complexity index is 337. The van der Waals surface area contributed by atoms with Crippen LogP contribution in [0.5, 0.6) is 0 Å². The van der Waals surface area contributed by atoms with Gasteiger partial charge in [0, 0.05) is 13.6 Å². The fraction of sp³-hybridized carbons (Fsp3) is 0.727. The summed E-state index contributed by atoms with van der Waals surface area (Å²) in [6, 6.07) is 1.53. The first-order valence-corrected chi connectivity index (χ1v) is 5.43. The molecule has 0 aromatic heterocycles. The molecule has 0 spiro atoms. The molecule has 0 aliphatic heterocycles. The van der Waals surface area contributed by atoms with Crippen molar-refractivity contribution in [2.75, 3.05) is 13.6 Å². The molecule has 0 aromatic rings. The third-order valence-corrected chi connectivity index (χ3v) is 2.68. The van der Waals surface area contributed by atoms with E-state index in [4.69, 9.17) is 10.4 Å². The molecular weight excluding hydrogens is 222 g/mol. The topological polar surface area (TPSA) is 93.4 Å².